The highest BCUT2D eigenvalue weighted by Gasteiger charge is 2.29. The van der Waals surface area contributed by atoms with Gasteiger partial charge in [-0.05, 0) is 17.9 Å². The zero-order valence-electron chi connectivity index (χ0n) is 10.4. The maximum absolute atomic E-state index is 11.8. The van der Waals surface area contributed by atoms with Gasteiger partial charge in [-0.1, -0.05) is 11.8 Å². The number of aromatic nitrogens is 2. The number of rotatable bonds is 5. The lowest BCUT2D eigenvalue weighted by molar-refractivity contribution is -0.127. The SMILES string of the molecule is CC(=O)SCC1CC(=O)N(CCc2cn[nH]c2)C1. The first kappa shape index (κ1) is 13.1. The highest BCUT2D eigenvalue weighted by molar-refractivity contribution is 8.13. The fourth-order valence-electron chi connectivity index (χ4n) is 2.10. The monoisotopic (exact) mass is 267 g/mol. The standard InChI is InChI=1S/C12H17N3O2S/c1-9(16)18-8-11-4-12(17)15(7-11)3-2-10-5-13-14-6-10/h5-6,11H,2-4,7-8H2,1H3,(H,13,14). The van der Waals surface area contributed by atoms with E-state index in [1.165, 1.54) is 11.8 Å². The molecule has 0 saturated carbocycles. The molecule has 0 bridgehead atoms. The van der Waals surface area contributed by atoms with E-state index in [2.05, 4.69) is 10.2 Å². The van der Waals surface area contributed by atoms with Crippen LogP contribution in [0.15, 0.2) is 12.4 Å². The van der Waals surface area contributed by atoms with Crippen LogP contribution < -0.4 is 0 Å². The van der Waals surface area contributed by atoms with Gasteiger partial charge in [0.15, 0.2) is 5.12 Å². The Morgan fingerprint density at radius 2 is 2.50 bits per heavy atom. The predicted molar refractivity (Wildman–Crippen MR) is 70.1 cm³/mol. The topological polar surface area (TPSA) is 66.1 Å². The van der Waals surface area contributed by atoms with Crippen LogP contribution in [0.25, 0.3) is 0 Å². The average molecular weight is 267 g/mol. The predicted octanol–water partition coefficient (Wildman–Crippen LogP) is 1.08. The molecule has 0 aromatic carbocycles. The van der Waals surface area contributed by atoms with Gasteiger partial charge in [-0.3, -0.25) is 14.7 Å². The maximum Gasteiger partial charge on any atom is 0.222 e. The molecule has 1 saturated heterocycles. The Labute approximate surface area is 110 Å². The second kappa shape index (κ2) is 6.04. The van der Waals surface area contributed by atoms with Crippen LogP contribution in [0.1, 0.15) is 18.9 Å². The summed E-state index contributed by atoms with van der Waals surface area (Å²) in [5, 5.41) is 6.77. The molecule has 2 rings (SSSR count). The lowest BCUT2D eigenvalue weighted by atomic mass is 10.1. The van der Waals surface area contributed by atoms with Crippen molar-refractivity contribution in [3.63, 3.8) is 0 Å². The Morgan fingerprint density at radius 1 is 1.67 bits per heavy atom. The molecule has 0 spiro atoms. The van der Waals surface area contributed by atoms with Crippen molar-refractivity contribution in [1.29, 1.82) is 0 Å². The number of H-pyrrole nitrogens is 1. The zero-order chi connectivity index (χ0) is 13.0. The van der Waals surface area contributed by atoms with Crippen molar-refractivity contribution in [3.8, 4) is 0 Å². The Kier molecular flexibility index (Phi) is 4.41. The van der Waals surface area contributed by atoms with Gasteiger partial charge in [0.2, 0.25) is 5.91 Å². The van der Waals surface area contributed by atoms with Gasteiger partial charge in [-0.15, -0.1) is 0 Å². The maximum atomic E-state index is 11.8. The van der Waals surface area contributed by atoms with Crippen molar-refractivity contribution >= 4 is 22.8 Å². The Balaban J connectivity index is 1.76. The van der Waals surface area contributed by atoms with E-state index in [4.69, 9.17) is 0 Å². The number of nitrogens with zero attached hydrogens (tertiary/aromatic N) is 2. The molecule has 1 unspecified atom stereocenters. The number of hydrogen-bond acceptors (Lipinski definition) is 4. The summed E-state index contributed by atoms with van der Waals surface area (Å²) in [7, 11) is 0. The van der Waals surface area contributed by atoms with Crippen LogP contribution in [-0.2, 0) is 16.0 Å². The third-order valence-electron chi connectivity index (χ3n) is 3.04. The van der Waals surface area contributed by atoms with Crippen LogP contribution in [0, 0.1) is 5.92 Å². The summed E-state index contributed by atoms with van der Waals surface area (Å²) in [6.07, 6.45) is 5.04. The van der Waals surface area contributed by atoms with E-state index >= 15 is 0 Å². The number of amides is 1. The normalized spacial score (nSPS) is 19.5. The lowest BCUT2D eigenvalue weighted by Gasteiger charge is -2.15. The number of carbonyl (C=O) groups excluding carboxylic acids is 2. The molecule has 1 aromatic rings. The summed E-state index contributed by atoms with van der Waals surface area (Å²) in [5.41, 5.74) is 1.12. The minimum Gasteiger partial charge on any atom is -0.342 e. The first-order valence-electron chi connectivity index (χ1n) is 6.04. The van der Waals surface area contributed by atoms with Gasteiger partial charge in [-0.2, -0.15) is 5.10 Å². The van der Waals surface area contributed by atoms with E-state index in [0.717, 1.165) is 30.8 Å². The van der Waals surface area contributed by atoms with Crippen LogP contribution in [0.2, 0.25) is 0 Å². The summed E-state index contributed by atoms with van der Waals surface area (Å²) in [5.74, 6) is 1.27. The summed E-state index contributed by atoms with van der Waals surface area (Å²) in [4.78, 5) is 24.6. The molecule has 0 radical (unpaired) electrons. The largest absolute Gasteiger partial charge is 0.342 e. The number of aromatic amines is 1. The molecule has 6 heteroatoms. The fraction of sp³-hybridized carbons (Fsp3) is 0.583. The molecule has 1 amide bonds. The van der Waals surface area contributed by atoms with Gasteiger partial charge in [0.1, 0.15) is 0 Å². The smallest absolute Gasteiger partial charge is 0.222 e. The average Bonchev–Trinajstić information content (AvgIpc) is 2.93. The van der Waals surface area contributed by atoms with Crippen molar-refractivity contribution in [1.82, 2.24) is 15.1 Å². The van der Waals surface area contributed by atoms with Crippen LogP contribution in [0.4, 0.5) is 0 Å². The Bertz CT molecular complexity index is 419. The molecule has 1 atom stereocenters. The molecule has 2 heterocycles. The number of likely N-dealkylation sites (tertiary alicyclic amines) is 1. The third-order valence-corrected chi connectivity index (χ3v) is 4.09. The van der Waals surface area contributed by atoms with Crippen LogP contribution >= 0.6 is 11.8 Å². The molecular formula is C12H17N3O2S. The van der Waals surface area contributed by atoms with E-state index < -0.39 is 0 Å². The highest BCUT2D eigenvalue weighted by atomic mass is 32.2. The minimum atomic E-state index is 0.124. The van der Waals surface area contributed by atoms with E-state index in [1.54, 1.807) is 13.1 Å². The third kappa shape index (κ3) is 3.60. The van der Waals surface area contributed by atoms with Gasteiger partial charge < -0.3 is 4.90 Å². The fourth-order valence-corrected chi connectivity index (χ4v) is 2.79. The molecule has 1 fully saturated rings. The molecule has 1 aliphatic heterocycles. The van der Waals surface area contributed by atoms with Crippen molar-refractivity contribution in [2.45, 2.75) is 19.8 Å². The van der Waals surface area contributed by atoms with Crippen LogP contribution in [0.3, 0.4) is 0 Å². The molecule has 1 aromatic heterocycles. The number of carbonyl (C=O) groups is 2. The zero-order valence-corrected chi connectivity index (χ0v) is 11.2. The number of nitrogens with one attached hydrogen (secondary N) is 1. The van der Waals surface area contributed by atoms with Gasteiger partial charge >= 0.3 is 0 Å². The van der Waals surface area contributed by atoms with Crippen molar-refractivity contribution in [2.75, 3.05) is 18.8 Å². The van der Waals surface area contributed by atoms with Crippen molar-refractivity contribution in [3.05, 3.63) is 18.0 Å². The molecule has 0 aliphatic carbocycles. The molecule has 1 N–H and O–H groups in total. The minimum absolute atomic E-state index is 0.124. The van der Waals surface area contributed by atoms with Crippen molar-refractivity contribution < 1.29 is 9.59 Å². The summed E-state index contributed by atoms with van der Waals surface area (Å²) < 4.78 is 0. The Morgan fingerprint density at radius 3 is 3.17 bits per heavy atom. The summed E-state index contributed by atoms with van der Waals surface area (Å²) in [6, 6.07) is 0. The molecular weight excluding hydrogens is 250 g/mol. The van der Waals surface area contributed by atoms with Crippen LogP contribution in [0.5, 0.6) is 0 Å². The van der Waals surface area contributed by atoms with Gasteiger partial charge in [0.05, 0.1) is 6.20 Å². The Hall–Kier alpha value is -1.30. The first-order valence-corrected chi connectivity index (χ1v) is 7.02. The quantitative estimate of drug-likeness (QED) is 0.867. The van der Waals surface area contributed by atoms with Crippen molar-refractivity contribution in [2.24, 2.45) is 5.92 Å². The summed E-state index contributed by atoms with van der Waals surface area (Å²) in [6.45, 7) is 3.08. The lowest BCUT2D eigenvalue weighted by Crippen LogP contribution is -2.27. The van der Waals surface area contributed by atoms with E-state index in [1.807, 2.05) is 11.1 Å². The van der Waals surface area contributed by atoms with E-state index in [0.29, 0.717) is 12.3 Å². The number of hydrogen-bond donors (Lipinski definition) is 1. The van der Waals surface area contributed by atoms with E-state index in [9.17, 15) is 9.59 Å². The summed E-state index contributed by atoms with van der Waals surface area (Å²) >= 11 is 1.32. The molecule has 5 nitrogen and oxygen atoms in total. The van der Waals surface area contributed by atoms with Gasteiger partial charge in [0.25, 0.3) is 0 Å². The second-order valence-electron chi connectivity index (χ2n) is 4.57. The molecule has 98 valence electrons. The molecule has 1 aliphatic rings. The first-order chi connectivity index (χ1) is 8.65. The van der Waals surface area contributed by atoms with Gasteiger partial charge in [0, 0.05) is 38.4 Å². The van der Waals surface area contributed by atoms with Gasteiger partial charge in [-0.25, -0.2) is 0 Å². The highest BCUT2D eigenvalue weighted by Crippen LogP contribution is 2.22. The van der Waals surface area contributed by atoms with E-state index in [-0.39, 0.29) is 11.0 Å². The number of thioether (sulfide) groups is 1. The second-order valence-corrected chi connectivity index (χ2v) is 5.77. The van der Waals surface area contributed by atoms with Crippen LogP contribution in [-0.4, -0.2) is 45.0 Å². The molecule has 18 heavy (non-hydrogen) atoms.